The SMILES string of the molecule is CCOC(=O)C1=C(C)N=c2sc(=Cc3ccccc3OS(=O)(=O)c3ccccc3)c(=O)n2[C@@H]1c1ccc(OC)c(OC)c1. The van der Waals surface area contributed by atoms with Crippen LogP contribution in [-0.4, -0.2) is 39.8 Å². The number of allylic oxidation sites excluding steroid dienone is 1. The number of aromatic nitrogens is 1. The molecule has 12 heteroatoms. The quantitative estimate of drug-likeness (QED) is 0.206. The maximum atomic E-state index is 14.0. The summed E-state index contributed by atoms with van der Waals surface area (Å²) in [6, 6.07) is 18.6. The van der Waals surface area contributed by atoms with Crippen molar-refractivity contribution in [2.75, 3.05) is 20.8 Å². The molecule has 0 amide bonds. The van der Waals surface area contributed by atoms with Gasteiger partial charge in [0.25, 0.3) is 5.56 Å². The van der Waals surface area contributed by atoms with E-state index in [4.69, 9.17) is 18.4 Å². The highest BCUT2D eigenvalue weighted by molar-refractivity contribution is 7.87. The summed E-state index contributed by atoms with van der Waals surface area (Å²) in [5, 5.41) is 0. The van der Waals surface area contributed by atoms with E-state index in [0.29, 0.717) is 33.1 Å². The predicted octanol–water partition coefficient (Wildman–Crippen LogP) is 3.58. The van der Waals surface area contributed by atoms with Gasteiger partial charge in [0.05, 0.1) is 42.7 Å². The Balaban J connectivity index is 1.67. The number of hydrogen-bond donors (Lipinski definition) is 0. The first-order valence-electron chi connectivity index (χ1n) is 13.2. The molecule has 0 aliphatic carbocycles. The molecule has 1 aromatic heterocycles. The van der Waals surface area contributed by atoms with Crippen LogP contribution in [-0.2, 0) is 19.6 Å². The summed E-state index contributed by atoms with van der Waals surface area (Å²) >= 11 is 1.11. The topological polar surface area (TPSA) is 122 Å². The van der Waals surface area contributed by atoms with Crippen LogP contribution in [0, 0.1) is 0 Å². The standard InChI is InChI=1S/C31H28N2O8S2/c1-5-40-30(35)27-19(2)32-31-33(28(27)21-15-16-24(38-3)25(17-21)39-4)29(34)26(42-31)18-20-11-9-10-14-23(20)41-43(36,37)22-12-7-6-8-13-22/h6-18,28H,5H2,1-4H3/t28-/m1/s1. The van der Waals surface area contributed by atoms with Crippen molar-refractivity contribution < 1.29 is 31.6 Å². The van der Waals surface area contributed by atoms with E-state index in [1.54, 1.807) is 74.5 Å². The van der Waals surface area contributed by atoms with Crippen LogP contribution in [0.25, 0.3) is 6.08 Å². The molecule has 1 atom stereocenters. The maximum Gasteiger partial charge on any atom is 0.339 e. The molecule has 0 unspecified atom stereocenters. The molecule has 1 aliphatic heterocycles. The van der Waals surface area contributed by atoms with Gasteiger partial charge in [0.2, 0.25) is 0 Å². The lowest BCUT2D eigenvalue weighted by Crippen LogP contribution is -2.40. The molecule has 0 bridgehead atoms. The van der Waals surface area contributed by atoms with Crippen molar-refractivity contribution in [3.8, 4) is 17.2 Å². The van der Waals surface area contributed by atoms with E-state index < -0.39 is 27.7 Å². The summed E-state index contributed by atoms with van der Waals surface area (Å²) in [7, 11) is -1.11. The molecule has 0 fully saturated rings. The minimum absolute atomic E-state index is 0.000987. The zero-order chi connectivity index (χ0) is 30.7. The number of esters is 1. The number of nitrogens with zero attached hydrogens (tertiary/aromatic N) is 2. The average Bonchev–Trinajstić information content (AvgIpc) is 3.31. The minimum Gasteiger partial charge on any atom is -0.493 e. The van der Waals surface area contributed by atoms with Gasteiger partial charge in [0.1, 0.15) is 10.6 Å². The zero-order valence-corrected chi connectivity index (χ0v) is 25.4. The van der Waals surface area contributed by atoms with E-state index >= 15 is 0 Å². The molecule has 3 aromatic carbocycles. The Morgan fingerprint density at radius 1 is 0.977 bits per heavy atom. The Morgan fingerprint density at radius 2 is 1.67 bits per heavy atom. The van der Waals surface area contributed by atoms with Gasteiger partial charge >= 0.3 is 16.1 Å². The third-order valence-electron chi connectivity index (χ3n) is 6.68. The summed E-state index contributed by atoms with van der Waals surface area (Å²) in [4.78, 5) is 32.2. The van der Waals surface area contributed by atoms with Crippen LogP contribution in [0.1, 0.15) is 31.0 Å². The fraction of sp³-hybridized carbons (Fsp3) is 0.194. The molecule has 5 rings (SSSR count). The van der Waals surface area contributed by atoms with Gasteiger partial charge in [-0.3, -0.25) is 9.36 Å². The van der Waals surface area contributed by atoms with Crippen LogP contribution in [0.2, 0.25) is 0 Å². The second-order valence-electron chi connectivity index (χ2n) is 9.31. The molecule has 0 saturated carbocycles. The third kappa shape index (κ3) is 5.84. The van der Waals surface area contributed by atoms with Crippen molar-refractivity contribution in [1.29, 1.82) is 0 Å². The fourth-order valence-electron chi connectivity index (χ4n) is 4.70. The van der Waals surface area contributed by atoms with Gasteiger partial charge in [-0.05, 0) is 55.8 Å². The smallest absolute Gasteiger partial charge is 0.339 e. The first-order chi connectivity index (χ1) is 20.7. The van der Waals surface area contributed by atoms with Crippen LogP contribution in [0.4, 0.5) is 0 Å². The van der Waals surface area contributed by atoms with Gasteiger partial charge in [0.15, 0.2) is 16.3 Å². The van der Waals surface area contributed by atoms with Crippen LogP contribution in [0.15, 0.2) is 98.7 Å². The number of thiazole rings is 1. The molecule has 2 heterocycles. The van der Waals surface area contributed by atoms with Crippen molar-refractivity contribution in [3.63, 3.8) is 0 Å². The number of benzene rings is 3. The Labute approximate surface area is 251 Å². The summed E-state index contributed by atoms with van der Waals surface area (Å²) in [6.45, 7) is 3.53. The maximum absolute atomic E-state index is 14.0. The Morgan fingerprint density at radius 3 is 2.37 bits per heavy atom. The number of methoxy groups -OCH3 is 2. The summed E-state index contributed by atoms with van der Waals surface area (Å²) in [5.41, 5.74) is 1.14. The lowest BCUT2D eigenvalue weighted by molar-refractivity contribution is -0.139. The molecular weight excluding hydrogens is 592 g/mol. The highest BCUT2D eigenvalue weighted by atomic mass is 32.2. The van der Waals surface area contributed by atoms with Crippen molar-refractivity contribution in [1.82, 2.24) is 4.57 Å². The summed E-state index contributed by atoms with van der Waals surface area (Å²) in [6.07, 6.45) is 1.55. The van der Waals surface area contributed by atoms with Gasteiger partial charge in [-0.1, -0.05) is 53.8 Å². The Bertz CT molecular complexity index is 2010. The van der Waals surface area contributed by atoms with Gasteiger partial charge in [-0.15, -0.1) is 0 Å². The van der Waals surface area contributed by atoms with Gasteiger partial charge in [-0.2, -0.15) is 8.42 Å². The van der Waals surface area contributed by atoms with E-state index in [1.165, 1.54) is 37.0 Å². The fourth-order valence-corrected chi connectivity index (χ4v) is 6.71. The van der Waals surface area contributed by atoms with E-state index in [2.05, 4.69) is 4.99 Å². The average molecular weight is 621 g/mol. The van der Waals surface area contributed by atoms with Gasteiger partial charge < -0.3 is 18.4 Å². The second kappa shape index (κ2) is 12.3. The second-order valence-corrected chi connectivity index (χ2v) is 11.9. The highest BCUT2D eigenvalue weighted by Crippen LogP contribution is 2.36. The van der Waals surface area contributed by atoms with Crippen molar-refractivity contribution in [2.24, 2.45) is 4.99 Å². The first-order valence-corrected chi connectivity index (χ1v) is 15.4. The van der Waals surface area contributed by atoms with Gasteiger partial charge in [-0.25, -0.2) is 9.79 Å². The normalized spacial score (nSPS) is 15.0. The molecule has 0 N–H and O–H groups in total. The predicted molar refractivity (Wildman–Crippen MR) is 161 cm³/mol. The van der Waals surface area contributed by atoms with Crippen molar-refractivity contribution in [3.05, 3.63) is 115 Å². The van der Waals surface area contributed by atoms with Crippen molar-refractivity contribution >= 4 is 33.5 Å². The molecule has 43 heavy (non-hydrogen) atoms. The lowest BCUT2D eigenvalue weighted by atomic mass is 9.95. The number of carbonyl (C=O) groups is 1. The molecule has 4 aromatic rings. The van der Waals surface area contributed by atoms with Crippen LogP contribution < -0.4 is 28.5 Å². The highest BCUT2D eigenvalue weighted by Gasteiger charge is 2.34. The molecule has 0 spiro atoms. The molecule has 1 aliphatic rings. The minimum atomic E-state index is -4.13. The summed E-state index contributed by atoms with van der Waals surface area (Å²) in [5.74, 6) is 0.365. The Kier molecular flexibility index (Phi) is 8.51. The number of fused-ring (bicyclic) bond motifs is 1. The van der Waals surface area contributed by atoms with Gasteiger partial charge in [0, 0.05) is 5.56 Å². The van der Waals surface area contributed by atoms with E-state index in [9.17, 15) is 18.0 Å². The largest absolute Gasteiger partial charge is 0.493 e. The first kappa shape index (κ1) is 29.8. The number of carbonyl (C=O) groups excluding carboxylic acids is 1. The van der Waals surface area contributed by atoms with Crippen LogP contribution in [0.5, 0.6) is 17.2 Å². The van der Waals surface area contributed by atoms with E-state index in [-0.39, 0.29) is 27.4 Å². The van der Waals surface area contributed by atoms with Crippen LogP contribution >= 0.6 is 11.3 Å². The summed E-state index contributed by atoms with van der Waals surface area (Å²) < 4.78 is 49.3. The van der Waals surface area contributed by atoms with Crippen LogP contribution in [0.3, 0.4) is 0 Å². The monoisotopic (exact) mass is 620 g/mol. The number of hydrogen-bond acceptors (Lipinski definition) is 10. The Hall–Kier alpha value is -4.68. The molecule has 10 nitrogen and oxygen atoms in total. The van der Waals surface area contributed by atoms with Crippen molar-refractivity contribution in [2.45, 2.75) is 24.8 Å². The molecule has 222 valence electrons. The molecular formula is C31H28N2O8S2. The molecule has 0 saturated heterocycles. The number of ether oxygens (including phenoxy) is 3. The third-order valence-corrected chi connectivity index (χ3v) is 8.91. The molecule has 0 radical (unpaired) electrons. The van der Waals surface area contributed by atoms with E-state index in [1.807, 2.05) is 0 Å². The van der Waals surface area contributed by atoms with E-state index in [0.717, 1.165) is 11.3 Å². The lowest BCUT2D eigenvalue weighted by Gasteiger charge is -2.25. The zero-order valence-electron chi connectivity index (χ0n) is 23.8. The number of rotatable bonds is 9. The number of para-hydroxylation sites is 1.